The maximum absolute atomic E-state index is 12.3. The summed E-state index contributed by atoms with van der Waals surface area (Å²) in [6.07, 6.45) is 0. The number of carbonyl (C=O) groups is 1. The molecule has 0 spiro atoms. The molecule has 2 heterocycles. The Kier molecular flexibility index (Phi) is 4.75. The van der Waals surface area contributed by atoms with E-state index in [4.69, 9.17) is 4.84 Å². The van der Waals surface area contributed by atoms with E-state index in [9.17, 15) is 14.4 Å². The second kappa shape index (κ2) is 7.14. The van der Waals surface area contributed by atoms with Crippen LogP contribution < -0.4 is 16.7 Å². The lowest BCUT2D eigenvalue weighted by atomic mass is 10.2. The third kappa shape index (κ3) is 3.66. The molecule has 8 nitrogen and oxygen atoms in total. The first-order valence-electron chi connectivity index (χ1n) is 7.30. The van der Waals surface area contributed by atoms with Gasteiger partial charge in [-0.25, -0.2) is 4.79 Å². The van der Waals surface area contributed by atoms with Crippen molar-refractivity contribution in [3.8, 4) is 0 Å². The monoisotopic (exact) mass is 358 g/mol. The zero-order valence-corrected chi connectivity index (χ0v) is 14.0. The zero-order chi connectivity index (χ0) is 17.8. The summed E-state index contributed by atoms with van der Waals surface area (Å²) >= 11 is 1.50. The molecule has 25 heavy (non-hydrogen) atoms. The summed E-state index contributed by atoms with van der Waals surface area (Å²) in [5.74, 6) is -0.675. The lowest BCUT2D eigenvalue weighted by molar-refractivity contribution is -0.121. The molecule has 0 radical (unpaired) electrons. The van der Waals surface area contributed by atoms with Gasteiger partial charge >= 0.3 is 5.69 Å². The zero-order valence-electron chi connectivity index (χ0n) is 13.2. The van der Waals surface area contributed by atoms with Crippen molar-refractivity contribution in [2.24, 2.45) is 5.16 Å². The molecule has 1 aromatic carbocycles. The summed E-state index contributed by atoms with van der Waals surface area (Å²) in [6, 6.07) is 10.3. The molecule has 128 valence electrons. The van der Waals surface area contributed by atoms with Crippen LogP contribution in [0.4, 0.5) is 0 Å². The standard InChI is InChI=1S/C16H14N4O4S/c1-10(13-7-4-8-25-13)19-24-9-14(21)18-20-15(22)11-5-2-3-6-12(11)17-16(20)23/h2-8H,9H2,1H3,(H,17,23)(H,18,21). The fourth-order valence-corrected chi connectivity index (χ4v) is 2.81. The van der Waals surface area contributed by atoms with Crippen LogP contribution in [0.3, 0.4) is 0 Å². The molecule has 1 amide bonds. The minimum atomic E-state index is -0.740. The van der Waals surface area contributed by atoms with Gasteiger partial charge in [0.25, 0.3) is 11.5 Å². The van der Waals surface area contributed by atoms with Crippen LogP contribution in [0.25, 0.3) is 10.9 Å². The van der Waals surface area contributed by atoms with Gasteiger partial charge in [-0.05, 0) is 30.5 Å². The molecule has 3 rings (SSSR count). The van der Waals surface area contributed by atoms with Gasteiger partial charge in [0.05, 0.1) is 21.5 Å². The van der Waals surface area contributed by atoms with Gasteiger partial charge < -0.3 is 9.82 Å². The van der Waals surface area contributed by atoms with Crippen molar-refractivity contribution in [3.05, 3.63) is 67.5 Å². The van der Waals surface area contributed by atoms with Crippen LogP contribution in [-0.4, -0.2) is 27.9 Å². The predicted molar refractivity (Wildman–Crippen MR) is 95.7 cm³/mol. The van der Waals surface area contributed by atoms with E-state index >= 15 is 0 Å². The highest BCUT2D eigenvalue weighted by Crippen LogP contribution is 2.09. The smallest absolute Gasteiger partial charge is 0.348 e. The van der Waals surface area contributed by atoms with Crippen molar-refractivity contribution < 1.29 is 9.63 Å². The number of carbonyl (C=O) groups excluding carboxylic acids is 1. The highest BCUT2D eigenvalue weighted by Gasteiger charge is 2.10. The Morgan fingerprint density at radius 1 is 1.28 bits per heavy atom. The number of fused-ring (bicyclic) bond motifs is 1. The van der Waals surface area contributed by atoms with E-state index in [2.05, 4.69) is 15.6 Å². The van der Waals surface area contributed by atoms with Gasteiger partial charge in [0, 0.05) is 0 Å². The maximum Gasteiger partial charge on any atom is 0.348 e. The number of para-hydroxylation sites is 1. The molecule has 0 saturated heterocycles. The van der Waals surface area contributed by atoms with Gasteiger partial charge in [0.15, 0.2) is 6.61 Å². The lowest BCUT2D eigenvalue weighted by Crippen LogP contribution is -2.44. The minimum absolute atomic E-state index is 0.287. The largest absolute Gasteiger partial charge is 0.385 e. The quantitative estimate of drug-likeness (QED) is 0.529. The Bertz CT molecular complexity index is 1050. The summed E-state index contributed by atoms with van der Waals surface area (Å²) < 4.78 is 0.615. The lowest BCUT2D eigenvalue weighted by Gasteiger charge is -2.07. The SMILES string of the molecule is CC(=NOCC(=O)Nn1c(=O)[nH]c2ccccc2c1=O)c1cccs1. The molecule has 0 saturated carbocycles. The topological polar surface area (TPSA) is 106 Å². The Hall–Kier alpha value is -3.20. The predicted octanol–water partition coefficient (Wildman–Crippen LogP) is 1.26. The molecule has 2 aromatic heterocycles. The maximum atomic E-state index is 12.3. The molecule has 3 aromatic rings. The Morgan fingerprint density at radius 3 is 2.84 bits per heavy atom. The normalized spacial score (nSPS) is 11.5. The molecule has 9 heteroatoms. The van der Waals surface area contributed by atoms with Gasteiger partial charge in [-0.3, -0.25) is 15.0 Å². The third-order valence-electron chi connectivity index (χ3n) is 3.32. The average molecular weight is 358 g/mol. The van der Waals surface area contributed by atoms with Crippen LogP contribution in [0.15, 0.2) is 56.5 Å². The molecule has 0 aliphatic rings. The molecular formula is C16H14N4O4S. The summed E-state index contributed by atoms with van der Waals surface area (Å²) in [6.45, 7) is 1.32. The Morgan fingerprint density at radius 2 is 2.08 bits per heavy atom. The number of amides is 1. The molecule has 0 unspecified atom stereocenters. The van der Waals surface area contributed by atoms with Crippen molar-refractivity contribution in [2.45, 2.75) is 6.92 Å². The number of nitrogens with zero attached hydrogens (tertiary/aromatic N) is 2. The van der Waals surface area contributed by atoms with E-state index in [1.54, 1.807) is 31.2 Å². The number of aromatic amines is 1. The highest BCUT2D eigenvalue weighted by molar-refractivity contribution is 7.12. The number of hydrogen-bond donors (Lipinski definition) is 2. The van der Waals surface area contributed by atoms with E-state index in [1.807, 2.05) is 17.5 Å². The van der Waals surface area contributed by atoms with Gasteiger partial charge in [-0.2, -0.15) is 4.68 Å². The first-order chi connectivity index (χ1) is 12.1. The second-order valence-corrected chi connectivity index (χ2v) is 6.03. The number of thiophene rings is 1. The molecule has 0 aliphatic heterocycles. The van der Waals surface area contributed by atoms with Crippen LogP contribution in [-0.2, 0) is 9.63 Å². The number of benzene rings is 1. The van der Waals surface area contributed by atoms with Gasteiger partial charge in [0.2, 0.25) is 0 Å². The van der Waals surface area contributed by atoms with E-state index in [0.29, 0.717) is 15.9 Å². The van der Waals surface area contributed by atoms with E-state index < -0.39 is 23.8 Å². The molecule has 0 fully saturated rings. The van der Waals surface area contributed by atoms with Crippen molar-refractivity contribution in [1.82, 2.24) is 9.66 Å². The molecular weight excluding hydrogens is 344 g/mol. The average Bonchev–Trinajstić information content (AvgIpc) is 3.13. The number of nitrogens with one attached hydrogen (secondary N) is 2. The van der Waals surface area contributed by atoms with Gasteiger partial charge in [-0.15, -0.1) is 11.3 Å². The summed E-state index contributed by atoms with van der Waals surface area (Å²) in [5.41, 5.74) is 1.88. The van der Waals surface area contributed by atoms with Gasteiger partial charge in [0.1, 0.15) is 0 Å². The number of hydrogen-bond acceptors (Lipinski definition) is 6. The summed E-state index contributed by atoms with van der Waals surface area (Å²) in [7, 11) is 0. The fourth-order valence-electron chi connectivity index (χ4n) is 2.14. The van der Waals surface area contributed by atoms with Crippen LogP contribution in [0.5, 0.6) is 0 Å². The number of H-pyrrole nitrogens is 1. The molecule has 2 N–H and O–H groups in total. The number of oxime groups is 1. The number of aromatic nitrogens is 2. The van der Waals surface area contributed by atoms with Crippen molar-refractivity contribution in [1.29, 1.82) is 0 Å². The molecule has 0 atom stereocenters. The molecule has 0 aliphatic carbocycles. The van der Waals surface area contributed by atoms with Crippen molar-refractivity contribution >= 4 is 33.9 Å². The Balaban J connectivity index is 1.71. The third-order valence-corrected chi connectivity index (χ3v) is 4.30. The second-order valence-electron chi connectivity index (χ2n) is 5.08. The first-order valence-corrected chi connectivity index (χ1v) is 8.18. The van der Waals surface area contributed by atoms with Crippen molar-refractivity contribution in [2.75, 3.05) is 12.0 Å². The summed E-state index contributed by atoms with van der Waals surface area (Å²) in [4.78, 5) is 44.6. The van der Waals surface area contributed by atoms with Crippen LogP contribution in [0, 0.1) is 0 Å². The highest BCUT2D eigenvalue weighted by atomic mass is 32.1. The van der Waals surface area contributed by atoms with E-state index in [-0.39, 0.29) is 5.39 Å². The minimum Gasteiger partial charge on any atom is -0.385 e. The molecule has 0 bridgehead atoms. The van der Waals surface area contributed by atoms with Crippen LogP contribution >= 0.6 is 11.3 Å². The van der Waals surface area contributed by atoms with E-state index in [0.717, 1.165) is 4.88 Å². The van der Waals surface area contributed by atoms with Crippen LogP contribution in [0.1, 0.15) is 11.8 Å². The number of rotatable bonds is 5. The Labute approximate surface area is 145 Å². The van der Waals surface area contributed by atoms with Crippen LogP contribution in [0.2, 0.25) is 0 Å². The van der Waals surface area contributed by atoms with Crippen molar-refractivity contribution in [3.63, 3.8) is 0 Å². The summed E-state index contributed by atoms with van der Waals surface area (Å²) in [5, 5.41) is 6.03. The van der Waals surface area contributed by atoms with Gasteiger partial charge in [-0.1, -0.05) is 23.4 Å². The fraction of sp³-hybridized carbons (Fsp3) is 0.125. The van der Waals surface area contributed by atoms with E-state index in [1.165, 1.54) is 11.3 Å². The first kappa shape index (κ1) is 16.7.